The van der Waals surface area contributed by atoms with Crippen molar-refractivity contribution in [1.82, 2.24) is 10.6 Å². The number of carboxylic acids is 1. The minimum atomic E-state index is -0.955. The van der Waals surface area contributed by atoms with E-state index in [-0.39, 0.29) is 23.7 Å². The van der Waals surface area contributed by atoms with Gasteiger partial charge in [0.2, 0.25) is 0 Å². The van der Waals surface area contributed by atoms with Crippen LogP contribution in [0.4, 0.5) is 4.79 Å². The lowest BCUT2D eigenvalue weighted by Crippen LogP contribution is -2.46. The van der Waals surface area contributed by atoms with Crippen LogP contribution in [0.15, 0.2) is 24.3 Å². The molecule has 3 rings (SSSR count). The first-order valence-electron chi connectivity index (χ1n) is 7.14. The molecule has 3 atom stereocenters. The average Bonchev–Trinajstić information content (AvgIpc) is 3.08. The number of benzene rings is 1. The van der Waals surface area contributed by atoms with Crippen molar-refractivity contribution in [3.05, 3.63) is 35.4 Å². The number of amides is 2. The van der Waals surface area contributed by atoms with Crippen LogP contribution in [0.25, 0.3) is 0 Å². The quantitative estimate of drug-likeness (QED) is 0.784. The molecule has 0 radical (unpaired) electrons. The lowest BCUT2D eigenvalue weighted by molar-refractivity contribution is 0.0697. The summed E-state index contributed by atoms with van der Waals surface area (Å²) in [5.41, 5.74) is 1.10. The summed E-state index contributed by atoms with van der Waals surface area (Å²) >= 11 is 0. The third-order valence-corrected chi connectivity index (χ3v) is 4.08. The molecule has 0 aromatic heterocycles. The molecule has 3 N–H and O–H groups in total. The Labute approximate surface area is 122 Å². The van der Waals surface area contributed by atoms with Crippen LogP contribution < -0.4 is 10.6 Å². The van der Waals surface area contributed by atoms with Gasteiger partial charge in [0.1, 0.15) is 0 Å². The van der Waals surface area contributed by atoms with Gasteiger partial charge in [-0.3, -0.25) is 0 Å². The molecular weight excluding hydrogens is 272 g/mol. The van der Waals surface area contributed by atoms with E-state index in [1.165, 1.54) is 12.1 Å². The van der Waals surface area contributed by atoms with Gasteiger partial charge in [0, 0.05) is 6.54 Å². The molecule has 0 aliphatic carbocycles. The summed E-state index contributed by atoms with van der Waals surface area (Å²) in [6, 6.07) is 6.35. The Kier molecular flexibility index (Phi) is 3.79. The number of aromatic carboxylic acids is 1. The van der Waals surface area contributed by atoms with Crippen LogP contribution in [0.2, 0.25) is 0 Å². The van der Waals surface area contributed by atoms with Gasteiger partial charge >= 0.3 is 12.0 Å². The number of fused-ring (bicyclic) bond motifs is 2. The number of rotatable bonds is 4. The van der Waals surface area contributed by atoms with Gasteiger partial charge in [0.15, 0.2) is 0 Å². The highest BCUT2D eigenvalue weighted by molar-refractivity contribution is 5.87. The standard InChI is InChI=1S/C15H18N2O4/c18-14(19)10-3-1-9(2-4-10)8-16-15(20)17-12-7-11-5-6-13(12)21-11/h1-4,11-13H,5-8H2,(H,18,19)(H2,16,17,20). The van der Waals surface area contributed by atoms with Crippen LogP contribution in [-0.4, -0.2) is 35.4 Å². The molecule has 2 heterocycles. The number of urea groups is 1. The molecule has 0 saturated carbocycles. The van der Waals surface area contributed by atoms with Crippen LogP contribution in [0.1, 0.15) is 35.2 Å². The fourth-order valence-corrected chi connectivity index (χ4v) is 2.96. The van der Waals surface area contributed by atoms with Gasteiger partial charge in [-0.15, -0.1) is 0 Å². The molecule has 6 heteroatoms. The van der Waals surface area contributed by atoms with E-state index >= 15 is 0 Å². The van der Waals surface area contributed by atoms with Crippen molar-refractivity contribution in [3.8, 4) is 0 Å². The lowest BCUT2D eigenvalue weighted by atomic mass is 9.96. The number of nitrogens with one attached hydrogen (secondary N) is 2. The minimum Gasteiger partial charge on any atom is -0.478 e. The maximum absolute atomic E-state index is 11.9. The van der Waals surface area contributed by atoms with Crippen molar-refractivity contribution >= 4 is 12.0 Å². The molecule has 112 valence electrons. The van der Waals surface area contributed by atoms with E-state index in [2.05, 4.69) is 10.6 Å². The highest BCUT2D eigenvalue weighted by Crippen LogP contribution is 2.34. The second-order valence-corrected chi connectivity index (χ2v) is 5.55. The van der Waals surface area contributed by atoms with Gasteiger partial charge in [-0.25, -0.2) is 9.59 Å². The second-order valence-electron chi connectivity index (χ2n) is 5.55. The Bertz CT molecular complexity index is 543. The molecule has 2 aliphatic heterocycles. The van der Waals surface area contributed by atoms with Crippen LogP contribution in [-0.2, 0) is 11.3 Å². The predicted octanol–water partition coefficient (Wildman–Crippen LogP) is 1.50. The van der Waals surface area contributed by atoms with E-state index in [9.17, 15) is 9.59 Å². The molecule has 3 unspecified atom stereocenters. The van der Waals surface area contributed by atoms with E-state index in [0.717, 1.165) is 24.8 Å². The number of carbonyl (C=O) groups is 2. The van der Waals surface area contributed by atoms with Gasteiger partial charge in [-0.1, -0.05) is 12.1 Å². The predicted molar refractivity (Wildman–Crippen MR) is 75.1 cm³/mol. The van der Waals surface area contributed by atoms with Crippen molar-refractivity contribution in [2.45, 2.75) is 44.1 Å². The zero-order valence-corrected chi connectivity index (χ0v) is 11.5. The van der Waals surface area contributed by atoms with E-state index < -0.39 is 5.97 Å². The lowest BCUT2D eigenvalue weighted by Gasteiger charge is -2.20. The molecule has 2 amide bonds. The molecule has 2 aliphatic rings. The molecular formula is C15H18N2O4. The highest BCUT2D eigenvalue weighted by atomic mass is 16.5. The summed E-state index contributed by atoms with van der Waals surface area (Å²) in [5.74, 6) is -0.955. The summed E-state index contributed by atoms with van der Waals surface area (Å²) in [5, 5.41) is 14.5. The molecule has 1 aromatic carbocycles. The monoisotopic (exact) mass is 290 g/mol. The third kappa shape index (κ3) is 3.16. The molecule has 6 nitrogen and oxygen atoms in total. The van der Waals surface area contributed by atoms with Gasteiger partial charge in [0.25, 0.3) is 0 Å². The summed E-state index contributed by atoms with van der Waals surface area (Å²) in [4.78, 5) is 22.6. The Hall–Kier alpha value is -2.08. The molecule has 2 saturated heterocycles. The third-order valence-electron chi connectivity index (χ3n) is 4.08. The normalized spacial score (nSPS) is 26.6. The van der Waals surface area contributed by atoms with Crippen LogP contribution >= 0.6 is 0 Å². The van der Waals surface area contributed by atoms with E-state index in [1.807, 2.05) is 0 Å². The van der Waals surface area contributed by atoms with Crippen LogP contribution in [0.3, 0.4) is 0 Å². The van der Waals surface area contributed by atoms with Crippen molar-refractivity contribution in [2.24, 2.45) is 0 Å². The first-order chi connectivity index (χ1) is 10.1. The summed E-state index contributed by atoms with van der Waals surface area (Å²) < 4.78 is 5.69. The fraction of sp³-hybridized carbons (Fsp3) is 0.467. The zero-order valence-electron chi connectivity index (χ0n) is 11.5. The molecule has 1 aromatic rings. The smallest absolute Gasteiger partial charge is 0.335 e. The van der Waals surface area contributed by atoms with Gasteiger partial charge < -0.3 is 20.5 Å². The second kappa shape index (κ2) is 5.73. The molecule has 0 spiro atoms. The van der Waals surface area contributed by atoms with Crippen molar-refractivity contribution < 1.29 is 19.4 Å². The zero-order chi connectivity index (χ0) is 14.8. The molecule has 21 heavy (non-hydrogen) atoms. The average molecular weight is 290 g/mol. The van der Waals surface area contributed by atoms with E-state index in [4.69, 9.17) is 9.84 Å². The maximum Gasteiger partial charge on any atom is 0.335 e. The van der Waals surface area contributed by atoms with Crippen LogP contribution in [0.5, 0.6) is 0 Å². The van der Waals surface area contributed by atoms with E-state index in [1.54, 1.807) is 12.1 Å². The minimum absolute atomic E-state index is 0.109. The SMILES string of the molecule is O=C(NCc1ccc(C(=O)O)cc1)NC1CC2CCC1O2. The van der Waals surface area contributed by atoms with Crippen molar-refractivity contribution in [3.63, 3.8) is 0 Å². The van der Waals surface area contributed by atoms with E-state index in [0.29, 0.717) is 12.6 Å². The number of carboxylic acid groups (broad SMARTS) is 1. The Morgan fingerprint density at radius 2 is 2.00 bits per heavy atom. The van der Waals surface area contributed by atoms with Crippen molar-refractivity contribution in [1.29, 1.82) is 0 Å². The maximum atomic E-state index is 11.9. The molecule has 2 bridgehead atoms. The summed E-state index contributed by atoms with van der Waals surface area (Å²) in [6.07, 6.45) is 3.48. The largest absolute Gasteiger partial charge is 0.478 e. The topological polar surface area (TPSA) is 87.7 Å². The highest BCUT2D eigenvalue weighted by Gasteiger charge is 2.41. The summed E-state index contributed by atoms with van der Waals surface area (Å²) in [7, 11) is 0. The number of carbonyl (C=O) groups excluding carboxylic acids is 1. The van der Waals surface area contributed by atoms with Crippen molar-refractivity contribution in [2.75, 3.05) is 0 Å². The van der Waals surface area contributed by atoms with Gasteiger partial charge in [-0.05, 0) is 37.0 Å². The number of hydrogen-bond donors (Lipinski definition) is 3. The Morgan fingerprint density at radius 1 is 1.24 bits per heavy atom. The Morgan fingerprint density at radius 3 is 2.57 bits per heavy atom. The first-order valence-corrected chi connectivity index (χ1v) is 7.14. The number of hydrogen-bond acceptors (Lipinski definition) is 3. The first kappa shape index (κ1) is 13.9. The van der Waals surface area contributed by atoms with Gasteiger partial charge in [-0.2, -0.15) is 0 Å². The summed E-state index contributed by atoms with van der Waals surface area (Å²) in [6.45, 7) is 0.368. The Balaban J connectivity index is 1.46. The fourth-order valence-electron chi connectivity index (χ4n) is 2.96. The van der Waals surface area contributed by atoms with Gasteiger partial charge in [0.05, 0.1) is 23.8 Å². The van der Waals surface area contributed by atoms with Crippen LogP contribution in [0, 0.1) is 0 Å². The molecule has 2 fully saturated rings. The number of ether oxygens (including phenoxy) is 1.